The molecule has 0 fully saturated rings. The number of hydrogen-bond donors (Lipinski definition) is 0. The highest BCUT2D eigenvalue weighted by molar-refractivity contribution is 6.18. The average molecular weight is 198 g/mol. The van der Waals surface area contributed by atoms with Crippen LogP contribution in [0.15, 0.2) is 49.4 Å². The number of hydrogen-bond acceptors (Lipinski definition) is 1. The van der Waals surface area contributed by atoms with Gasteiger partial charge in [0, 0.05) is 25.0 Å². The Morgan fingerprint density at radius 3 is 2.54 bits per heavy atom. The molecule has 0 aromatic carbocycles. The molecule has 0 radical (unpaired) electrons. The van der Waals surface area contributed by atoms with Crippen LogP contribution < -0.4 is 0 Å². The maximum Gasteiger partial charge on any atom is 0.0404 e. The molecule has 0 atom stereocenters. The highest BCUT2D eigenvalue weighted by Gasteiger charge is 1.96. The fraction of sp³-hybridized carbons (Fsp3) is 0.273. The van der Waals surface area contributed by atoms with Gasteiger partial charge in [-0.25, -0.2) is 0 Å². The zero-order chi connectivity index (χ0) is 10.1. The lowest BCUT2D eigenvalue weighted by atomic mass is 10.2. The van der Waals surface area contributed by atoms with E-state index in [0.717, 1.165) is 12.1 Å². The summed E-state index contributed by atoms with van der Waals surface area (Å²) in [6, 6.07) is 0. The van der Waals surface area contributed by atoms with Crippen LogP contribution in [-0.2, 0) is 0 Å². The Hall–Kier alpha value is -0.950. The Morgan fingerprint density at radius 2 is 2.08 bits per heavy atom. The summed E-state index contributed by atoms with van der Waals surface area (Å²) in [6.45, 7) is 7.35. The highest BCUT2D eigenvalue weighted by Crippen LogP contribution is 2.08. The second-order valence-electron chi connectivity index (χ2n) is 2.52. The lowest BCUT2D eigenvalue weighted by Gasteiger charge is -2.15. The molecule has 0 saturated carbocycles. The minimum absolute atomic E-state index is 0.555. The number of nitrogens with zero attached hydrogens (tertiary/aromatic N) is 1. The fourth-order valence-corrected chi connectivity index (χ4v) is 0.976. The summed E-state index contributed by atoms with van der Waals surface area (Å²) in [4.78, 5) is 1.96. The third kappa shape index (κ3) is 5.31. The van der Waals surface area contributed by atoms with E-state index in [-0.39, 0.29) is 0 Å². The smallest absolute Gasteiger partial charge is 0.0404 e. The van der Waals surface area contributed by atoms with Gasteiger partial charge in [-0.15, -0.1) is 11.6 Å². The Bertz CT molecular complexity index is 216. The zero-order valence-corrected chi connectivity index (χ0v) is 8.80. The first-order chi connectivity index (χ1) is 6.26. The predicted octanol–water partition coefficient (Wildman–Crippen LogP) is 3.32. The van der Waals surface area contributed by atoms with Crippen molar-refractivity contribution in [3.05, 3.63) is 49.4 Å². The molecule has 0 aliphatic carbocycles. The first kappa shape index (κ1) is 12.0. The SMILES string of the molecule is C=C/C=C(\C/C=C\CCl)N(C)C=C. The molecule has 2 heteroatoms. The molecule has 0 amide bonds. The van der Waals surface area contributed by atoms with Gasteiger partial charge in [-0.1, -0.05) is 31.4 Å². The van der Waals surface area contributed by atoms with Gasteiger partial charge in [0.2, 0.25) is 0 Å². The van der Waals surface area contributed by atoms with Crippen LogP contribution >= 0.6 is 11.6 Å². The normalized spacial score (nSPS) is 11.7. The summed E-state index contributed by atoms with van der Waals surface area (Å²) in [5.74, 6) is 0.555. The monoisotopic (exact) mass is 197 g/mol. The van der Waals surface area contributed by atoms with Gasteiger partial charge in [-0.2, -0.15) is 0 Å². The van der Waals surface area contributed by atoms with E-state index in [0.29, 0.717) is 5.88 Å². The molecule has 0 aromatic heterocycles. The van der Waals surface area contributed by atoms with E-state index in [1.54, 1.807) is 12.3 Å². The fourth-order valence-electron chi connectivity index (χ4n) is 0.850. The number of halogens is 1. The standard InChI is InChI=1S/C11H16ClN/c1-4-8-11(13(3)5-2)9-6-7-10-12/h4-8H,1-2,9-10H2,3H3/b7-6-,11-8+. The Kier molecular flexibility index (Phi) is 7.12. The molecule has 0 aliphatic heterocycles. The van der Waals surface area contributed by atoms with Crippen LogP contribution in [-0.4, -0.2) is 17.8 Å². The number of allylic oxidation sites excluding steroid dienone is 4. The lowest BCUT2D eigenvalue weighted by molar-refractivity contribution is 0.557. The number of alkyl halides is 1. The summed E-state index contributed by atoms with van der Waals surface area (Å²) >= 11 is 5.52. The Morgan fingerprint density at radius 1 is 1.38 bits per heavy atom. The van der Waals surface area contributed by atoms with Crippen molar-refractivity contribution >= 4 is 11.6 Å². The van der Waals surface area contributed by atoms with E-state index in [9.17, 15) is 0 Å². The summed E-state index contributed by atoms with van der Waals surface area (Å²) in [6.07, 6.45) is 10.3. The first-order valence-electron chi connectivity index (χ1n) is 4.14. The van der Waals surface area contributed by atoms with Crippen molar-refractivity contribution in [2.45, 2.75) is 6.42 Å². The van der Waals surface area contributed by atoms with Crippen LogP contribution in [0.3, 0.4) is 0 Å². The van der Waals surface area contributed by atoms with Gasteiger partial charge in [0.1, 0.15) is 0 Å². The maximum absolute atomic E-state index is 5.52. The molecule has 0 aliphatic rings. The van der Waals surface area contributed by atoms with Crippen LogP contribution in [0.5, 0.6) is 0 Å². The molecule has 0 saturated heterocycles. The van der Waals surface area contributed by atoms with Gasteiger partial charge in [0.15, 0.2) is 0 Å². The van der Waals surface area contributed by atoms with E-state index >= 15 is 0 Å². The van der Waals surface area contributed by atoms with E-state index in [1.807, 2.05) is 30.2 Å². The van der Waals surface area contributed by atoms with Crippen molar-refractivity contribution in [1.82, 2.24) is 4.90 Å². The van der Waals surface area contributed by atoms with E-state index < -0.39 is 0 Å². The molecule has 0 N–H and O–H groups in total. The van der Waals surface area contributed by atoms with Crippen molar-refractivity contribution in [2.75, 3.05) is 12.9 Å². The average Bonchev–Trinajstić information content (AvgIpc) is 2.16. The molecule has 0 heterocycles. The van der Waals surface area contributed by atoms with Gasteiger partial charge in [0.25, 0.3) is 0 Å². The van der Waals surface area contributed by atoms with E-state index in [4.69, 9.17) is 11.6 Å². The highest BCUT2D eigenvalue weighted by atomic mass is 35.5. The van der Waals surface area contributed by atoms with Crippen LogP contribution in [0.25, 0.3) is 0 Å². The van der Waals surface area contributed by atoms with E-state index in [1.165, 1.54) is 0 Å². The van der Waals surface area contributed by atoms with Crippen molar-refractivity contribution in [3.63, 3.8) is 0 Å². The maximum atomic E-state index is 5.52. The third-order valence-corrected chi connectivity index (χ3v) is 1.80. The minimum Gasteiger partial charge on any atom is -0.355 e. The predicted molar refractivity (Wildman–Crippen MR) is 60.7 cm³/mol. The Balaban J connectivity index is 4.26. The quantitative estimate of drug-likeness (QED) is 0.359. The second-order valence-corrected chi connectivity index (χ2v) is 2.83. The molecular formula is C11H16ClN. The number of rotatable bonds is 6. The molecule has 0 rings (SSSR count). The van der Waals surface area contributed by atoms with Gasteiger partial charge >= 0.3 is 0 Å². The summed E-state index contributed by atoms with van der Waals surface area (Å²) in [5.41, 5.74) is 1.14. The van der Waals surface area contributed by atoms with Gasteiger partial charge in [0.05, 0.1) is 0 Å². The van der Waals surface area contributed by atoms with Crippen LogP contribution in [0.4, 0.5) is 0 Å². The second kappa shape index (κ2) is 7.69. The third-order valence-electron chi connectivity index (χ3n) is 1.62. The van der Waals surface area contributed by atoms with Gasteiger partial charge in [-0.3, -0.25) is 0 Å². The zero-order valence-electron chi connectivity index (χ0n) is 8.04. The largest absolute Gasteiger partial charge is 0.355 e. The minimum atomic E-state index is 0.555. The van der Waals surface area contributed by atoms with E-state index in [2.05, 4.69) is 13.2 Å². The molecule has 13 heavy (non-hydrogen) atoms. The summed E-state index contributed by atoms with van der Waals surface area (Å²) in [5, 5.41) is 0. The summed E-state index contributed by atoms with van der Waals surface area (Å²) < 4.78 is 0. The van der Waals surface area contributed by atoms with Crippen LogP contribution in [0.1, 0.15) is 6.42 Å². The van der Waals surface area contributed by atoms with Crippen molar-refractivity contribution in [2.24, 2.45) is 0 Å². The molecule has 72 valence electrons. The molecular weight excluding hydrogens is 182 g/mol. The Labute approximate surface area is 85.7 Å². The van der Waals surface area contributed by atoms with Gasteiger partial charge in [-0.05, 0) is 12.3 Å². The van der Waals surface area contributed by atoms with Crippen molar-refractivity contribution in [3.8, 4) is 0 Å². The van der Waals surface area contributed by atoms with Crippen LogP contribution in [0, 0.1) is 0 Å². The summed E-state index contributed by atoms with van der Waals surface area (Å²) in [7, 11) is 1.96. The molecule has 0 bridgehead atoms. The lowest BCUT2D eigenvalue weighted by Crippen LogP contribution is -2.08. The molecule has 0 unspecified atom stereocenters. The molecule has 0 spiro atoms. The van der Waals surface area contributed by atoms with Crippen molar-refractivity contribution in [1.29, 1.82) is 0 Å². The topological polar surface area (TPSA) is 3.24 Å². The molecule has 1 nitrogen and oxygen atoms in total. The van der Waals surface area contributed by atoms with Crippen LogP contribution in [0.2, 0.25) is 0 Å². The van der Waals surface area contributed by atoms with Gasteiger partial charge < -0.3 is 4.90 Å². The first-order valence-corrected chi connectivity index (χ1v) is 4.67. The van der Waals surface area contributed by atoms with Crippen molar-refractivity contribution < 1.29 is 0 Å². The molecule has 0 aromatic rings.